The van der Waals surface area contributed by atoms with E-state index in [2.05, 4.69) is 15.1 Å². The molecule has 35 heavy (non-hydrogen) atoms. The summed E-state index contributed by atoms with van der Waals surface area (Å²) in [7, 11) is 0. The zero-order valence-corrected chi connectivity index (χ0v) is 20.9. The van der Waals surface area contributed by atoms with Gasteiger partial charge in [0.2, 0.25) is 5.91 Å². The van der Waals surface area contributed by atoms with Gasteiger partial charge in [0.25, 0.3) is 5.91 Å². The van der Waals surface area contributed by atoms with Crippen molar-refractivity contribution in [2.75, 3.05) is 44.2 Å². The molecular formula is C27H30ClN5O2. The summed E-state index contributed by atoms with van der Waals surface area (Å²) in [4.78, 5) is 31.7. The normalized spacial score (nSPS) is 13.7. The second-order valence-electron chi connectivity index (χ2n) is 9.10. The van der Waals surface area contributed by atoms with Crippen molar-refractivity contribution in [1.82, 2.24) is 20.0 Å². The number of carbonyl (C=O) groups is 2. The van der Waals surface area contributed by atoms with Crippen LogP contribution in [0.1, 0.15) is 24.2 Å². The molecule has 0 aliphatic carbocycles. The molecule has 0 unspecified atom stereocenters. The van der Waals surface area contributed by atoms with E-state index in [9.17, 15) is 9.59 Å². The smallest absolute Gasteiger partial charge is 0.254 e. The lowest BCUT2D eigenvalue weighted by atomic mass is 10.1. The van der Waals surface area contributed by atoms with E-state index in [1.54, 1.807) is 29.2 Å². The molecule has 1 fully saturated rings. The first-order valence-electron chi connectivity index (χ1n) is 11.9. The summed E-state index contributed by atoms with van der Waals surface area (Å²) < 4.78 is 0. The number of amides is 2. The van der Waals surface area contributed by atoms with Gasteiger partial charge >= 0.3 is 0 Å². The van der Waals surface area contributed by atoms with Crippen LogP contribution in [0.2, 0.25) is 5.02 Å². The van der Waals surface area contributed by atoms with Gasteiger partial charge in [0.05, 0.1) is 5.69 Å². The summed E-state index contributed by atoms with van der Waals surface area (Å²) in [5.74, 6) is 0.846. The molecule has 2 amide bonds. The number of nitrogens with zero attached hydrogens (tertiary/aromatic N) is 5. The number of rotatable bonds is 7. The van der Waals surface area contributed by atoms with E-state index in [4.69, 9.17) is 11.6 Å². The monoisotopic (exact) mass is 491 g/mol. The number of aromatic nitrogens is 2. The fourth-order valence-electron chi connectivity index (χ4n) is 4.14. The van der Waals surface area contributed by atoms with Gasteiger partial charge in [-0.2, -0.15) is 0 Å². The molecule has 2 heterocycles. The van der Waals surface area contributed by atoms with Gasteiger partial charge in [-0.15, -0.1) is 10.2 Å². The highest BCUT2D eigenvalue weighted by molar-refractivity contribution is 6.30. The van der Waals surface area contributed by atoms with Crippen molar-refractivity contribution < 1.29 is 9.59 Å². The van der Waals surface area contributed by atoms with Crippen LogP contribution in [0.5, 0.6) is 0 Å². The molecule has 2 aromatic carbocycles. The molecule has 0 atom stereocenters. The highest BCUT2D eigenvalue weighted by Gasteiger charge is 2.26. The second-order valence-corrected chi connectivity index (χ2v) is 9.53. The van der Waals surface area contributed by atoms with Gasteiger partial charge in [-0.25, -0.2) is 0 Å². The number of piperazine rings is 1. The number of carbonyl (C=O) groups excluding carboxylic acids is 2. The Hall–Kier alpha value is -3.45. The van der Waals surface area contributed by atoms with Gasteiger partial charge in [-0.1, -0.05) is 55.8 Å². The Balaban J connectivity index is 1.35. The van der Waals surface area contributed by atoms with Crippen molar-refractivity contribution in [3.8, 4) is 11.3 Å². The Morgan fingerprint density at radius 1 is 0.914 bits per heavy atom. The fourth-order valence-corrected chi connectivity index (χ4v) is 4.27. The number of hydrogen-bond acceptors (Lipinski definition) is 5. The topological polar surface area (TPSA) is 69.6 Å². The molecule has 0 radical (unpaired) electrons. The summed E-state index contributed by atoms with van der Waals surface area (Å²) in [6.45, 7) is 7.13. The van der Waals surface area contributed by atoms with Gasteiger partial charge in [0, 0.05) is 48.9 Å². The van der Waals surface area contributed by atoms with E-state index in [0.29, 0.717) is 43.3 Å². The number of halogens is 1. The SMILES string of the molecule is CC(C)CN(CC(=O)N1CCN(c2ccc(-c3ccccc3)nn2)CC1)C(=O)c1ccc(Cl)cc1. The van der Waals surface area contributed by atoms with Crippen LogP contribution in [-0.2, 0) is 4.79 Å². The van der Waals surface area contributed by atoms with Crippen molar-refractivity contribution in [3.05, 3.63) is 77.3 Å². The Labute approximate surface area is 211 Å². The maximum atomic E-state index is 13.1. The van der Waals surface area contributed by atoms with Gasteiger partial charge in [-0.3, -0.25) is 9.59 Å². The zero-order valence-electron chi connectivity index (χ0n) is 20.1. The maximum absolute atomic E-state index is 13.1. The molecule has 0 N–H and O–H groups in total. The summed E-state index contributed by atoms with van der Waals surface area (Å²) >= 11 is 5.96. The van der Waals surface area contributed by atoms with Crippen LogP contribution in [0.25, 0.3) is 11.3 Å². The Kier molecular flexibility index (Phi) is 7.98. The molecule has 1 aromatic heterocycles. The van der Waals surface area contributed by atoms with Crippen LogP contribution in [0.15, 0.2) is 66.7 Å². The predicted octanol–water partition coefficient (Wildman–Crippen LogP) is 4.24. The Morgan fingerprint density at radius 2 is 1.60 bits per heavy atom. The molecule has 0 bridgehead atoms. The Morgan fingerprint density at radius 3 is 2.20 bits per heavy atom. The highest BCUT2D eigenvalue weighted by Crippen LogP contribution is 2.19. The summed E-state index contributed by atoms with van der Waals surface area (Å²) in [5, 5.41) is 9.35. The third-order valence-corrected chi connectivity index (χ3v) is 6.22. The summed E-state index contributed by atoms with van der Waals surface area (Å²) in [6.07, 6.45) is 0. The van der Waals surface area contributed by atoms with Crippen molar-refractivity contribution >= 4 is 29.2 Å². The zero-order chi connectivity index (χ0) is 24.8. The minimum atomic E-state index is -0.156. The molecule has 1 saturated heterocycles. The summed E-state index contributed by atoms with van der Waals surface area (Å²) in [5.41, 5.74) is 2.39. The first-order valence-corrected chi connectivity index (χ1v) is 12.2. The first kappa shape index (κ1) is 24.7. The fraction of sp³-hybridized carbons (Fsp3) is 0.333. The average Bonchev–Trinajstić information content (AvgIpc) is 2.89. The molecule has 3 aromatic rings. The lowest BCUT2D eigenvalue weighted by Gasteiger charge is -2.36. The molecule has 7 nitrogen and oxygen atoms in total. The first-order chi connectivity index (χ1) is 16.9. The number of hydrogen-bond donors (Lipinski definition) is 0. The number of anilines is 1. The molecule has 1 aliphatic heterocycles. The third-order valence-electron chi connectivity index (χ3n) is 5.97. The van der Waals surface area contributed by atoms with Gasteiger partial charge in [-0.05, 0) is 42.3 Å². The van der Waals surface area contributed by atoms with E-state index in [0.717, 1.165) is 17.1 Å². The lowest BCUT2D eigenvalue weighted by molar-refractivity contribution is -0.132. The third kappa shape index (κ3) is 6.36. The van der Waals surface area contributed by atoms with E-state index < -0.39 is 0 Å². The van der Waals surface area contributed by atoms with Crippen LogP contribution in [0, 0.1) is 5.92 Å². The lowest BCUT2D eigenvalue weighted by Crippen LogP contribution is -2.52. The highest BCUT2D eigenvalue weighted by atomic mass is 35.5. The van der Waals surface area contributed by atoms with Crippen LogP contribution < -0.4 is 4.90 Å². The van der Waals surface area contributed by atoms with Crippen molar-refractivity contribution in [1.29, 1.82) is 0 Å². The van der Waals surface area contributed by atoms with Crippen molar-refractivity contribution in [3.63, 3.8) is 0 Å². The van der Waals surface area contributed by atoms with E-state index in [1.807, 2.05) is 61.2 Å². The van der Waals surface area contributed by atoms with Crippen molar-refractivity contribution in [2.24, 2.45) is 5.92 Å². The van der Waals surface area contributed by atoms with E-state index >= 15 is 0 Å². The van der Waals surface area contributed by atoms with Crippen LogP contribution in [0.3, 0.4) is 0 Å². The molecule has 182 valence electrons. The van der Waals surface area contributed by atoms with Crippen LogP contribution in [-0.4, -0.2) is 71.1 Å². The van der Waals surface area contributed by atoms with Gasteiger partial charge in [0.15, 0.2) is 5.82 Å². The van der Waals surface area contributed by atoms with Gasteiger partial charge in [0.1, 0.15) is 6.54 Å². The quantitative estimate of drug-likeness (QED) is 0.494. The molecule has 1 aliphatic rings. The largest absolute Gasteiger partial charge is 0.352 e. The van der Waals surface area contributed by atoms with E-state index in [-0.39, 0.29) is 24.3 Å². The van der Waals surface area contributed by atoms with E-state index in [1.165, 1.54) is 0 Å². The minimum Gasteiger partial charge on any atom is -0.352 e. The second kappa shape index (κ2) is 11.3. The van der Waals surface area contributed by atoms with Crippen LogP contribution in [0.4, 0.5) is 5.82 Å². The molecule has 0 saturated carbocycles. The molecular weight excluding hydrogens is 462 g/mol. The molecule has 4 rings (SSSR count). The average molecular weight is 492 g/mol. The molecule has 8 heteroatoms. The molecule has 0 spiro atoms. The summed E-state index contributed by atoms with van der Waals surface area (Å²) in [6, 6.07) is 20.7. The predicted molar refractivity (Wildman–Crippen MR) is 138 cm³/mol. The maximum Gasteiger partial charge on any atom is 0.254 e. The standard InChI is InChI=1S/C27H30ClN5O2/c1-20(2)18-33(27(35)22-8-10-23(28)11-9-22)19-26(34)32-16-14-31(15-17-32)25-13-12-24(29-30-25)21-6-4-3-5-7-21/h3-13,20H,14-19H2,1-2H3. The number of benzene rings is 2. The minimum absolute atomic E-state index is 0.0434. The van der Waals surface area contributed by atoms with Crippen LogP contribution >= 0.6 is 11.6 Å². The van der Waals surface area contributed by atoms with Crippen molar-refractivity contribution in [2.45, 2.75) is 13.8 Å². The van der Waals surface area contributed by atoms with Gasteiger partial charge < -0.3 is 14.7 Å². The Bertz CT molecular complexity index is 1130.